The van der Waals surface area contributed by atoms with E-state index in [0.717, 1.165) is 10.8 Å². The van der Waals surface area contributed by atoms with E-state index in [0.29, 0.717) is 11.1 Å². The third-order valence-electron chi connectivity index (χ3n) is 1.43. The van der Waals surface area contributed by atoms with Crippen molar-refractivity contribution in [3.63, 3.8) is 0 Å². The molecular formula is C7H8N4OS2. The van der Waals surface area contributed by atoms with Crippen LogP contribution in [0.25, 0.3) is 0 Å². The van der Waals surface area contributed by atoms with Gasteiger partial charge in [-0.3, -0.25) is 0 Å². The highest BCUT2D eigenvalue weighted by molar-refractivity contribution is 7.98. The Morgan fingerprint density at radius 3 is 3.07 bits per heavy atom. The minimum absolute atomic E-state index is 0.283. The lowest BCUT2D eigenvalue weighted by Gasteiger charge is -1.90. The van der Waals surface area contributed by atoms with E-state index < -0.39 is 0 Å². The fourth-order valence-corrected chi connectivity index (χ4v) is 2.25. The molecule has 0 radical (unpaired) electrons. The second kappa shape index (κ2) is 4.54. The molecule has 2 N–H and O–H groups in total. The van der Waals surface area contributed by atoms with Crippen molar-refractivity contribution < 1.29 is 4.42 Å². The van der Waals surface area contributed by atoms with Crippen LogP contribution in [0, 0.1) is 0 Å². The van der Waals surface area contributed by atoms with E-state index in [1.807, 2.05) is 5.38 Å². The molecule has 0 saturated carbocycles. The zero-order valence-electron chi connectivity index (χ0n) is 7.21. The van der Waals surface area contributed by atoms with Gasteiger partial charge in [-0.25, -0.2) is 4.98 Å². The van der Waals surface area contributed by atoms with Crippen molar-refractivity contribution in [2.75, 3.05) is 0 Å². The Morgan fingerprint density at radius 1 is 1.50 bits per heavy atom. The Balaban J connectivity index is 1.92. The highest BCUT2D eigenvalue weighted by Crippen LogP contribution is 2.21. The smallest absolute Gasteiger partial charge is 0.277 e. The van der Waals surface area contributed by atoms with Crippen LogP contribution in [0.3, 0.4) is 0 Å². The molecule has 74 valence electrons. The summed E-state index contributed by atoms with van der Waals surface area (Å²) >= 11 is 3.07. The first-order chi connectivity index (χ1) is 6.88. The second-order valence-electron chi connectivity index (χ2n) is 2.38. The molecular weight excluding hydrogens is 220 g/mol. The Bertz CT molecular complexity index is 386. The number of rotatable bonds is 4. The summed E-state index contributed by atoms with van der Waals surface area (Å²) in [4.78, 5) is 4.14. The van der Waals surface area contributed by atoms with Crippen molar-refractivity contribution in [1.82, 2.24) is 15.2 Å². The summed E-state index contributed by atoms with van der Waals surface area (Å²) in [6.45, 7) is 0.283. The molecule has 2 aromatic rings. The maximum Gasteiger partial charge on any atom is 0.277 e. The Labute approximate surface area is 88.7 Å². The summed E-state index contributed by atoms with van der Waals surface area (Å²) in [7, 11) is 0. The predicted molar refractivity (Wildman–Crippen MR) is 53.9 cm³/mol. The second-order valence-corrected chi connectivity index (χ2v) is 4.29. The van der Waals surface area contributed by atoms with Gasteiger partial charge >= 0.3 is 0 Å². The van der Waals surface area contributed by atoms with Gasteiger partial charge in [0.2, 0.25) is 5.89 Å². The molecule has 7 heteroatoms. The maximum absolute atomic E-state index is 5.34. The zero-order chi connectivity index (χ0) is 9.80. The molecule has 0 saturated heterocycles. The van der Waals surface area contributed by atoms with Gasteiger partial charge in [0.15, 0.2) is 0 Å². The topological polar surface area (TPSA) is 77.8 Å². The standard InChI is InChI=1S/C7H8N4OS2/c8-3-5-10-11-7(12-5)14-4-6-9-1-2-13-6/h1-2H,3-4,8H2. The van der Waals surface area contributed by atoms with Crippen LogP contribution in [-0.2, 0) is 12.3 Å². The quantitative estimate of drug-likeness (QED) is 0.794. The third kappa shape index (κ3) is 2.31. The SMILES string of the molecule is NCc1nnc(SCc2nccs2)o1. The summed E-state index contributed by atoms with van der Waals surface area (Å²) in [6.07, 6.45) is 1.78. The molecule has 2 rings (SSSR count). The van der Waals surface area contributed by atoms with Crippen LogP contribution in [0.1, 0.15) is 10.9 Å². The number of hydrogen-bond acceptors (Lipinski definition) is 7. The van der Waals surface area contributed by atoms with Crippen molar-refractivity contribution >= 4 is 23.1 Å². The maximum atomic E-state index is 5.34. The molecule has 0 amide bonds. The van der Waals surface area contributed by atoms with Crippen molar-refractivity contribution in [3.05, 3.63) is 22.5 Å². The summed E-state index contributed by atoms with van der Waals surface area (Å²) in [5, 5.41) is 11.1. The van der Waals surface area contributed by atoms with Crippen molar-refractivity contribution in [2.45, 2.75) is 17.5 Å². The summed E-state index contributed by atoms with van der Waals surface area (Å²) in [6, 6.07) is 0. The molecule has 0 bridgehead atoms. The van der Waals surface area contributed by atoms with E-state index in [1.165, 1.54) is 11.8 Å². The molecule has 2 aromatic heterocycles. The molecule has 0 fully saturated rings. The number of hydrogen-bond donors (Lipinski definition) is 1. The lowest BCUT2D eigenvalue weighted by molar-refractivity contribution is 0.415. The molecule has 2 heterocycles. The number of thiazole rings is 1. The average Bonchev–Trinajstić information content (AvgIpc) is 2.86. The summed E-state index contributed by atoms with van der Waals surface area (Å²) in [5.41, 5.74) is 5.34. The highest BCUT2D eigenvalue weighted by atomic mass is 32.2. The molecule has 0 spiro atoms. The van der Waals surface area contributed by atoms with Crippen molar-refractivity contribution in [3.8, 4) is 0 Å². The number of nitrogens with zero attached hydrogens (tertiary/aromatic N) is 3. The Kier molecular flexibility index (Phi) is 3.12. The molecule has 5 nitrogen and oxygen atoms in total. The molecule has 0 aliphatic carbocycles. The summed E-state index contributed by atoms with van der Waals surface area (Å²) in [5.74, 6) is 1.22. The Hall–Kier alpha value is -0.920. The first-order valence-electron chi connectivity index (χ1n) is 3.92. The van der Waals surface area contributed by atoms with Gasteiger partial charge in [-0.05, 0) is 0 Å². The zero-order valence-corrected chi connectivity index (χ0v) is 8.85. The van der Waals surface area contributed by atoms with Gasteiger partial charge in [0.25, 0.3) is 5.22 Å². The molecule has 14 heavy (non-hydrogen) atoms. The lowest BCUT2D eigenvalue weighted by atomic mass is 10.7. The van der Waals surface area contributed by atoms with Gasteiger partial charge in [-0.15, -0.1) is 21.5 Å². The van der Waals surface area contributed by atoms with Crippen LogP contribution in [0.5, 0.6) is 0 Å². The van der Waals surface area contributed by atoms with Crippen molar-refractivity contribution in [1.29, 1.82) is 0 Å². The summed E-state index contributed by atoms with van der Waals surface area (Å²) < 4.78 is 5.22. The number of thioether (sulfide) groups is 1. The van der Waals surface area contributed by atoms with E-state index in [9.17, 15) is 0 Å². The van der Waals surface area contributed by atoms with Gasteiger partial charge in [-0.1, -0.05) is 11.8 Å². The van der Waals surface area contributed by atoms with E-state index in [2.05, 4.69) is 15.2 Å². The van der Waals surface area contributed by atoms with Crippen LogP contribution < -0.4 is 5.73 Å². The van der Waals surface area contributed by atoms with Crippen LogP contribution in [0.15, 0.2) is 21.2 Å². The molecule has 0 aromatic carbocycles. The van der Waals surface area contributed by atoms with E-state index in [1.54, 1.807) is 17.5 Å². The molecule has 0 atom stereocenters. The first kappa shape index (κ1) is 9.63. The number of aromatic nitrogens is 3. The average molecular weight is 228 g/mol. The van der Waals surface area contributed by atoms with E-state index in [4.69, 9.17) is 10.2 Å². The highest BCUT2D eigenvalue weighted by Gasteiger charge is 2.05. The molecule has 0 aliphatic rings. The normalized spacial score (nSPS) is 10.6. The number of nitrogens with two attached hydrogens (primary N) is 1. The first-order valence-corrected chi connectivity index (χ1v) is 5.78. The van der Waals surface area contributed by atoms with Crippen molar-refractivity contribution in [2.24, 2.45) is 5.73 Å². The predicted octanol–water partition coefficient (Wildman–Crippen LogP) is 1.28. The van der Waals surface area contributed by atoms with Crippen LogP contribution in [0.4, 0.5) is 0 Å². The minimum Gasteiger partial charge on any atom is -0.415 e. The van der Waals surface area contributed by atoms with E-state index >= 15 is 0 Å². The Morgan fingerprint density at radius 2 is 2.43 bits per heavy atom. The van der Waals surface area contributed by atoms with Gasteiger partial charge in [0.05, 0.1) is 12.3 Å². The fourth-order valence-electron chi connectivity index (χ4n) is 0.827. The lowest BCUT2D eigenvalue weighted by Crippen LogP contribution is -1.95. The minimum atomic E-state index is 0.283. The van der Waals surface area contributed by atoms with Crippen LogP contribution >= 0.6 is 23.1 Å². The monoisotopic (exact) mass is 228 g/mol. The fraction of sp³-hybridized carbons (Fsp3) is 0.286. The van der Waals surface area contributed by atoms with Gasteiger partial charge < -0.3 is 10.2 Å². The van der Waals surface area contributed by atoms with Gasteiger partial charge in [-0.2, -0.15) is 0 Å². The largest absolute Gasteiger partial charge is 0.415 e. The van der Waals surface area contributed by atoms with E-state index in [-0.39, 0.29) is 6.54 Å². The van der Waals surface area contributed by atoms with Gasteiger partial charge in [0.1, 0.15) is 5.01 Å². The third-order valence-corrected chi connectivity index (χ3v) is 3.22. The van der Waals surface area contributed by atoms with Crippen LogP contribution in [0.2, 0.25) is 0 Å². The molecule has 0 aliphatic heterocycles. The molecule has 0 unspecified atom stereocenters. The van der Waals surface area contributed by atoms with Gasteiger partial charge in [0, 0.05) is 11.6 Å². The van der Waals surface area contributed by atoms with Crippen LogP contribution in [-0.4, -0.2) is 15.2 Å².